The Hall–Kier alpha value is -0.120. The molecule has 1 nitrogen and oxygen atoms in total. The second kappa shape index (κ2) is 6.88. The molecule has 1 aromatic carbocycles. The zero-order chi connectivity index (χ0) is 13.0. The van der Waals surface area contributed by atoms with Crippen molar-refractivity contribution in [2.24, 2.45) is 5.92 Å². The quantitative estimate of drug-likeness (QED) is 0.801. The number of rotatable bonds is 4. The Labute approximate surface area is 121 Å². The molecule has 1 N–H and O–H groups in total. The van der Waals surface area contributed by atoms with E-state index in [2.05, 4.69) is 21.2 Å². The third kappa shape index (κ3) is 3.69. The van der Waals surface area contributed by atoms with Gasteiger partial charge in [0, 0.05) is 28.5 Å². The molecule has 1 fully saturated rings. The lowest BCUT2D eigenvalue weighted by Gasteiger charge is -2.31. The van der Waals surface area contributed by atoms with Crippen LogP contribution < -0.4 is 5.32 Å². The number of halogens is 3. The molecule has 18 heavy (non-hydrogen) atoms. The van der Waals surface area contributed by atoms with E-state index in [9.17, 15) is 4.39 Å². The highest BCUT2D eigenvalue weighted by atomic mass is 79.9. The van der Waals surface area contributed by atoms with Crippen LogP contribution in [0.2, 0.25) is 0 Å². The summed E-state index contributed by atoms with van der Waals surface area (Å²) in [4.78, 5) is 0. The van der Waals surface area contributed by atoms with Crippen molar-refractivity contribution in [2.45, 2.75) is 38.3 Å². The Kier molecular flexibility index (Phi) is 5.46. The van der Waals surface area contributed by atoms with Crippen LogP contribution in [0, 0.1) is 11.7 Å². The summed E-state index contributed by atoms with van der Waals surface area (Å²) in [6.07, 6.45) is 4.84. The van der Waals surface area contributed by atoms with E-state index in [0.717, 1.165) is 16.5 Å². The molecule has 0 heterocycles. The molecule has 0 radical (unpaired) electrons. The van der Waals surface area contributed by atoms with Crippen LogP contribution in [0.3, 0.4) is 0 Å². The lowest BCUT2D eigenvalue weighted by atomic mass is 9.85. The maximum atomic E-state index is 13.7. The Balaban J connectivity index is 1.93. The first-order valence-electron chi connectivity index (χ1n) is 6.44. The van der Waals surface area contributed by atoms with Gasteiger partial charge in [0.05, 0.1) is 0 Å². The Morgan fingerprint density at radius 2 is 2.11 bits per heavy atom. The Morgan fingerprint density at radius 3 is 2.83 bits per heavy atom. The Morgan fingerprint density at radius 1 is 1.33 bits per heavy atom. The van der Waals surface area contributed by atoms with Gasteiger partial charge in [0.1, 0.15) is 5.82 Å². The highest BCUT2D eigenvalue weighted by Crippen LogP contribution is 2.26. The summed E-state index contributed by atoms with van der Waals surface area (Å²) in [5.41, 5.74) is 0.720. The molecular weight excluding hydrogens is 317 g/mol. The van der Waals surface area contributed by atoms with Crippen molar-refractivity contribution in [3.05, 3.63) is 34.1 Å². The minimum atomic E-state index is -0.157. The molecule has 0 saturated heterocycles. The first-order chi connectivity index (χ1) is 8.70. The number of hydrogen-bond donors (Lipinski definition) is 1. The zero-order valence-corrected chi connectivity index (χ0v) is 12.6. The van der Waals surface area contributed by atoms with Gasteiger partial charge in [-0.25, -0.2) is 4.39 Å². The minimum Gasteiger partial charge on any atom is -0.309 e. The molecule has 2 unspecified atom stereocenters. The molecule has 1 aliphatic carbocycles. The molecule has 0 spiro atoms. The van der Waals surface area contributed by atoms with Crippen LogP contribution in [0.1, 0.15) is 31.2 Å². The summed E-state index contributed by atoms with van der Waals surface area (Å²) in [7, 11) is 0. The molecule has 1 aromatic rings. The molecular formula is C14H18BrClFN. The largest absolute Gasteiger partial charge is 0.309 e. The fourth-order valence-corrected chi connectivity index (χ4v) is 3.27. The average Bonchev–Trinajstić information content (AvgIpc) is 2.38. The van der Waals surface area contributed by atoms with Gasteiger partial charge in [0.25, 0.3) is 0 Å². The fraction of sp³-hybridized carbons (Fsp3) is 0.571. The summed E-state index contributed by atoms with van der Waals surface area (Å²) in [6.45, 7) is 0.581. The number of nitrogens with one attached hydrogen (secondary N) is 1. The van der Waals surface area contributed by atoms with Crippen molar-refractivity contribution >= 4 is 27.5 Å². The van der Waals surface area contributed by atoms with Crippen molar-refractivity contribution in [1.82, 2.24) is 5.32 Å². The van der Waals surface area contributed by atoms with Gasteiger partial charge in [0.15, 0.2) is 0 Å². The minimum absolute atomic E-state index is 0.157. The first-order valence-corrected chi connectivity index (χ1v) is 7.76. The number of alkyl halides is 1. The maximum Gasteiger partial charge on any atom is 0.128 e. The van der Waals surface area contributed by atoms with Crippen LogP contribution in [0.4, 0.5) is 4.39 Å². The summed E-state index contributed by atoms with van der Waals surface area (Å²) < 4.78 is 14.5. The molecule has 100 valence electrons. The van der Waals surface area contributed by atoms with Crippen LogP contribution in [-0.4, -0.2) is 11.9 Å². The van der Waals surface area contributed by atoms with Gasteiger partial charge in [-0.3, -0.25) is 0 Å². The Bertz CT molecular complexity index is 399. The monoisotopic (exact) mass is 333 g/mol. The molecule has 4 heteroatoms. The van der Waals surface area contributed by atoms with Crippen molar-refractivity contribution < 1.29 is 4.39 Å². The number of benzene rings is 1. The van der Waals surface area contributed by atoms with Crippen LogP contribution in [0.15, 0.2) is 22.7 Å². The number of hydrogen-bond acceptors (Lipinski definition) is 1. The predicted molar refractivity (Wildman–Crippen MR) is 77.4 cm³/mol. The summed E-state index contributed by atoms with van der Waals surface area (Å²) in [5, 5.41) is 3.46. The SMILES string of the molecule is Fc1cc(Br)ccc1CNC1CCCCC1CCl. The van der Waals surface area contributed by atoms with Gasteiger partial charge in [0.2, 0.25) is 0 Å². The van der Waals surface area contributed by atoms with Gasteiger partial charge in [-0.2, -0.15) is 0 Å². The van der Waals surface area contributed by atoms with Crippen LogP contribution >= 0.6 is 27.5 Å². The molecule has 1 aliphatic rings. The maximum absolute atomic E-state index is 13.7. The lowest BCUT2D eigenvalue weighted by molar-refractivity contribution is 0.281. The lowest BCUT2D eigenvalue weighted by Crippen LogP contribution is -2.39. The van der Waals surface area contributed by atoms with Crippen LogP contribution in [0.5, 0.6) is 0 Å². The van der Waals surface area contributed by atoms with E-state index < -0.39 is 0 Å². The van der Waals surface area contributed by atoms with E-state index in [1.165, 1.54) is 25.3 Å². The predicted octanol–water partition coefficient (Wildman–Crippen LogP) is 4.48. The second-order valence-electron chi connectivity index (χ2n) is 4.92. The van der Waals surface area contributed by atoms with Crippen molar-refractivity contribution in [3.8, 4) is 0 Å². The van der Waals surface area contributed by atoms with Crippen LogP contribution in [-0.2, 0) is 6.54 Å². The highest BCUT2D eigenvalue weighted by Gasteiger charge is 2.23. The van der Waals surface area contributed by atoms with Gasteiger partial charge in [-0.1, -0.05) is 34.8 Å². The summed E-state index contributed by atoms with van der Waals surface area (Å²) in [5.74, 6) is 1.06. The topological polar surface area (TPSA) is 12.0 Å². The molecule has 0 bridgehead atoms. The van der Waals surface area contributed by atoms with Crippen molar-refractivity contribution in [3.63, 3.8) is 0 Å². The van der Waals surface area contributed by atoms with E-state index >= 15 is 0 Å². The highest BCUT2D eigenvalue weighted by molar-refractivity contribution is 9.10. The summed E-state index contributed by atoms with van der Waals surface area (Å²) >= 11 is 9.26. The van der Waals surface area contributed by atoms with Gasteiger partial charge in [-0.15, -0.1) is 11.6 Å². The van der Waals surface area contributed by atoms with E-state index in [-0.39, 0.29) is 5.82 Å². The molecule has 1 saturated carbocycles. The molecule has 2 rings (SSSR count). The molecule has 0 aliphatic heterocycles. The van der Waals surface area contributed by atoms with Crippen molar-refractivity contribution in [1.29, 1.82) is 0 Å². The van der Waals surface area contributed by atoms with E-state index in [4.69, 9.17) is 11.6 Å². The second-order valence-corrected chi connectivity index (χ2v) is 6.15. The summed E-state index contributed by atoms with van der Waals surface area (Å²) in [6, 6.07) is 5.64. The standard InChI is InChI=1S/C14H18BrClFN/c15-12-6-5-11(13(17)7-12)9-18-14-4-2-1-3-10(14)8-16/h5-7,10,14,18H,1-4,8-9H2. The van der Waals surface area contributed by atoms with E-state index in [0.29, 0.717) is 24.4 Å². The smallest absolute Gasteiger partial charge is 0.128 e. The van der Waals surface area contributed by atoms with E-state index in [1.807, 2.05) is 12.1 Å². The average molecular weight is 335 g/mol. The van der Waals surface area contributed by atoms with Crippen LogP contribution in [0.25, 0.3) is 0 Å². The molecule has 2 atom stereocenters. The first kappa shape index (κ1) is 14.3. The molecule has 0 amide bonds. The van der Waals surface area contributed by atoms with Crippen molar-refractivity contribution in [2.75, 3.05) is 5.88 Å². The van der Waals surface area contributed by atoms with Gasteiger partial charge in [-0.05, 0) is 30.9 Å². The third-order valence-corrected chi connectivity index (χ3v) is 4.57. The van der Waals surface area contributed by atoms with Gasteiger partial charge >= 0.3 is 0 Å². The molecule has 0 aromatic heterocycles. The normalized spacial score (nSPS) is 24.2. The zero-order valence-electron chi connectivity index (χ0n) is 10.3. The fourth-order valence-electron chi connectivity index (χ4n) is 2.57. The van der Waals surface area contributed by atoms with Gasteiger partial charge < -0.3 is 5.32 Å². The third-order valence-electron chi connectivity index (χ3n) is 3.68. The van der Waals surface area contributed by atoms with E-state index in [1.54, 1.807) is 0 Å².